The Balaban J connectivity index is 1.45. The van der Waals surface area contributed by atoms with Crippen molar-refractivity contribution in [2.75, 3.05) is 19.7 Å². The number of hydrogen-bond acceptors (Lipinski definition) is 3. The minimum atomic E-state index is -0.754. The van der Waals surface area contributed by atoms with E-state index in [1.807, 2.05) is 35.2 Å². The highest BCUT2D eigenvalue weighted by atomic mass is 19.1. The lowest BCUT2D eigenvalue weighted by Gasteiger charge is -2.44. The van der Waals surface area contributed by atoms with Crippen LogP contribution in [0.15, 0.2) is 54.6 Å². The highest BCUT2D eigenvalue weighted by Crippen LogP contribution is 2.38. The summed E-state index contributed by atoms with van der Waals surface area (Å²) in [6.45, 7) is 1.69. The summed E-state index contributed by atoms with van der Waals surface area (Å²) in [5, 5.41) is 0. The first-order chi connectivity index (χ1) is 14.1. The van der Waals surface area contributed by atoms with E-state index in [0.29, 0.717) is 38.2 Å². The Hall–Kier alpha value is -2.89. The van der Waals surface area contributed by atoms with Crippen molar-refractivity contribution >= 4 is 11.8 Å². The van der Waals surface area contributed by atoms with Crippen LogP contribution >= 0.6 is 0 Å². The first-order valence-electron chi connectivity index (χ1n) is 10.1. The highest BCUT2D eigenvalue weighted by Gasteiger charge is 2.52. The largest absolute Gasteiger partial charge is 0.484 e. The van der Waals surface area contributed by atoms with Crippen LogP contribution in [0.4, 0.5) is 4.39 Å². The number of nitrogens with zero attached hydrogens (tertiary/aromatic N) is 2. The molecule has 2 aromatic carbocycles. The lowest BCUT2D eigenvalue weighted by Crippen LogP contribution is -2.61. The van der Waals surface area contributed by atoms with Gasteiger partial charge >= 0.3 is 0 Å². The molecule has 29 heavy (non-hydrogen) atoms. The third-order valence-electron chi connectivity index (χ3n) is 5.89. The van der Waals surface area contributed by atoms with Crippen molar-refractivity contribution in [3.8, 4) is 5.75 Å². The fourth-order valence-electron chi connectivity index (χ4n) is 4.50. The molecule has 2 amide bonds. The smallest absolute Gasteiger partial charge is 0.261 e. The summed E-state index contributed by atoms with van der Waals surface area (Å²) in [5.74, 6) is -0.0656. The second kappa shape index (κ2) is 8.23. The summed E-state index contributed by atoms with van der Waals surface area (Å²) in [4.78, 5) is 30.0. The molecule has 5 nitrogen and oxygen atoms in total. The van der Waals surface area contributed by atoms with Crippen LogP contribution in [0.1, 0.15) is 31.2 Å². The van der Waals surface area contributed by atoms with Gasteiger partial charge in [0.2, 0.25) is 5.91 Å². The van der Waals surface area contributed by atoms with Gasteiger partial charge in [-0.3, -0.25) is 9.59 Å². The second-order valence-corrected chi connectivity index (χ2v) is 7.74. The van der Waals surface area contributed by atoms with E-state index in [4.69, 9.17) is 4.74 Å². The molecule has 2 fully saturated rings. The van der Waals surface area contributed by atoms with Gasteiger partial charge in [-0.15, -0.1) is 0 Å². The molecular weight excluding hydrogens is 371 g/mol. The maximum Gasteiger partial charge on any atom is 0.261 e. The fourth-order valence-corrected chi connectivity index (χ4v) is 4.50. The number of likely N-dealkylation sites (tertiary alicyclic amines) is 2. The quantitative estimate of drug-likeness (QED) is 0.779. The number of benzene rings is 2. The van der Waals surface area contributed by atoms with Crippen LogP contribution in [0, 0.1) is 5.82 Å². The van der Waals surface area contributed by atoms with Crippen LogP contribution in [-0.2, 0) is 16.1 Å². The molecule has 2 saturated heterocycles. The molecule has 0 aliphatic carbocycles. The first kappa shape index (κ1) is 19.4. The number of rotatable bonds is 5. The van der Waals surface area contributed by atoms with E-state index < -0.39 is 5.54 Å². The lowest BCUT2D eigenvalue weighted by atomic mass is 9.85. The normalized spacial score (nSPS) is 21.6. The molecule has 0 N–H and O–H groups in total. The molecule has 2 heterocycles. The van der Waals surface area contributed by atoms with Gasteiger partial charge in [0.25, 0.3) is 5.91 Å². The lowest BCUT2D eigenvalue weighted by molar-refractivity contribution is -0.156. The second-order valence-electron chi connectivity index (χ2n) is 7.74. The van der Waals surface area contributed by atoms with E-state index in [1.165, 1.54) is 24.3 Å². The fraction of sp³-hybridized carbons (Fsp3) is 0.391. The summed E-state index contributed by atoms with van der Waals surface area (Å²) in [7, 11) is 0. The minimum absolute atomic E-state index is 0.0419. The molecule has 2 aromatic rings. The third-order valence-corrected chi connectivity index (χ3v) is 5.89. The number of carbonyl (C=O) groups is 2. The maximum atomic E-state index is 13.4. The van der Waals surface area contributed by atoms with Gasteiger partial charge in [0.05, 0.1) is 0 Å². The average molecular weight is 396 g/mol. The molecule has 6 heteroatoms. The highest BCUT2D eigenvalue weighted by molar-refractivity contribution is 5.93. The Morgan fingerprint density at radius 1 is 1.00 bits per heavy atom. The van der Waals surface area contributed by atoms with Gasteiger partial charge in [0.1, 0.15) is 17.1 Å². The predicted octanol–water partition coefficient (Wildman–Crippen LogP) is 3.39. The van der Waals surface area contributed by atoms with E-state index in [0.717, 1.165) is 18.4 Å². The van der Waals surface area contributed by atoms with Crippen LogP contribution in [0.25, 0.3) is 0 Å². The van der Waals surface area contributed by atoms with Crippen molar-refractivity contribution in [3.63, 3.8) is 0 Å². The standard InChI is InChI=1S/C23H25FN2O3/c24-19-8-10-20(11-9-19)29-17-21(27)26-15-5-13-23(26)12-4-14-25(22(23)28)16-18-6-2-1-3-7-18/h1-3,6-11H,4-5,12-17H2. The van der Waals surface area contributed by atoms with Crippen LogP contribution in [-0.4, -0.2) is 46.8 Å². The molecule has 0 radical (unpaired) electrons. The molecule has 0 bridgehead atoms. The summed E-state index contributed by atoms with van der Waals surface area (Å²) >= 11 is 0. The molecule has 4 rings (SSSR count). The number of piperidine rings is 1. The van der Waals surface area contributed by atoms with Gasteiger partial charge in [0.15, 0.2) is 6.61 Å². The van der Waals surface area contributed by atoms with E-state index in [-0.39, 0.29) is 24.2 Å². The van der Waals surface area contributed by atoms with E-state index in [2.05, 4.69) is 0 Å². The van der Waals surface area contributed by atoms with Crippen LogP contribution in [0.2, 0.25) is 0 Å². The van der Waals surface area contributed by atoms with Gasteiger partial charge in [-0.2, -0.15) is 0 Å². The summed E-state index contributed by atoms with van der Waals surface area (Å²) in [6, 6.07) is 15.5. The molecule has 1 atom stereocenters. The average Bonchev–Trinajstić information content (AvgIpc) is 3.16. The van der Waals surface area contributed by atoms with Crippen molar-refractivity contribution in [2.24, 2.45) is 0 Å². The molecule has 1 spiro atoms. The zero-order chi connectivity index (χ0) is 20.3. The zero-order valence-electron chi connectivity index (χ0n) is 16.4. The Morgan fingerprint density at radius 3 is 2.41 bits per heavy atom. The molecule has 2 aliphatic rings. The van der Waals surface area contributed by atoms with Crippen molar-refractivity contribution in [3.05, 3.63) is 66.0 Å². The Morgan fingerprint density at radius 2 is 1.69 bits per heavy atom. The van der Waals surface area contributed by atoms with Crippen LogP contribution in [0.5, 0.6) is 5.75 Å². The first-order valence-corrected chi connectivity index (χ1v) is 10.1. The Kier molecular flexibility index (Phi) is 5.51. The molecule has 2 aliphatic heterocycles. The van der Waals surface area contributed by atoms with Crippen LogP contribution < -0.4 is 4.74 Å². The van der Waals surface area contributed by atoms with E-state index in [1.54, 1.807) is 4.90 Å². The topological polar surface area (TPSA) is 49.9 Å². The summed E-state index contributed by atoms with van der Waals surface area (Å²) < 4.78 is 18.6. The Bertz CT molecular complexity index is 871. The summed E-state index contributed by atoms with van der Waals surface area (Å²) in [6.07, 6.45) is 3.08. The summed E-state index contributed by atoms with van der Waals surface area (Å²) in [5.41, 5.74) is 0.337. The number of halogens is 1. The SMILES string of the molecule is O=C(COc1ccc(F)cc1)N1CCCC12CCCN(Cc1ccccc1)C2=O. The van der Waals surface area contributed by atoms with Gasteiger partial charge in [-0.05, 0) is 55.5 Å². The van der Waals surface area contributed by atoms with Gasteiger partial charge in [-0.1, -0.05) is 30.3 Å². The molecule has 1 unspecified atom stereocenters. The van der Waals surface area contributed by atoms with Crippen molar-refractivity contribution in [1.82, 2.24) is 9.80 Å². The van der Waals surface area contributed by atoms with Gasteiger partial charge < -0.3 is 14.5 Å². The maximum absolute atomic E-state index is 13.4. The number of amides is 2. The third kappa shape index (κ3) is 3.97. The van der Waals surface area contributed by atoms with Gasteiger partial charge in [-0.25, -0.2) is 4.39 Å². The van der Waals surface area contributed by atoms with E-state index in [9.17, 15) is 14.0 Å². The number of carbonyl (C=O) groups excluding carboxylic acids is 2. The number of hydrogen-bond donors (Lipinski definition) is 0. The van der Waals surface area contributed by atoms with Crippen molar-refractivity contribution in [2.45, 2.75) is 37.8 Å². The Labute approximate surface area is 170 Å². The molecule has 0 aromatic heterocycles. The molecule has 152 valence electrons. The van der Waals surface area contributed by atoms with E-state index >= 15 is 0 Å². The number of ether oxygens (including phenoxy) is 1. The predicted molar refractivity (Wildman–Crippen MR) is 107 cm³/mol. The van der Waals surface area contributed by atoms with Gasteiger partial charge in [0, 0.05) is 19.6 Å². The minimum Gasteiger partial charge on any atom is -0.484 e. The van der Waals surface area contributed by atoms with Crippen LogP contribution in [0.3, 0.4) is 0 Å². The van der Waals surface area contributed by atoms with Crippen molar-refractivity contribution < 1.29 is 18.7 Å². The molecular formula is C23H25FN2O3. The monoisotopic (exact) mass is 396 g/mol. The molecule has 0 saturated carbocycles. The zero-order valence-corrected chi connectivity index (χ0v) is 16.4. The van der Waals surface area contributed by atoms with Crippen molar-refractivity contribution in [1.29, 1.82) is 0 Å².